The van der Waals surface area contributed by atoms with Gasteiger partial charge in [-0.3, -0.25) is 4.98 Å². The molecule has 2 aromatic rings. The number of hydrogen-bond donors (Lipinski definition) is 2. The largest absolute Gasteiger partial charge is 0.369 e. The quantitative estimate of drug-likeness (QED) is 0.792. The van der Waals surface area contributed by atoms with Crippen LogP contribution in [0.2, 0.25) is 0 Å². The summed E-state index contributed by atoms with van der Waals surface area (Å²) in [4.78, 5) is 12.7. The van der Waals surface area contributed by atoms with E-state index in [0.717, 1.165) is 11.5 Å². The maximum atomic E-state index is 5.41. The van der Waals surface area contributed by atoms with E-state index in [1.807, 2.05) is 24.3 Å². The highest BCUT2D eigenvalue weighted by atomic mass is 15.0. The number of nitrogens with one attached hydrogen (secondary N) is 1. The van der Waals surface area contributed by atoms with Gasteiger partial charge < -0.3 is 11.1 Å². The van der Waals surface area contributed by atoms with Crippen molar-refractivity contribution in [3.63, 3.8) is 0 Å². The molecule has 0 aliphatic carbocycles. The summed E-state index contributed by atoms with van der Waals surface area (Å²) in [6.45, 7) is 1.27. The second-order valence-corrected chi connectivity index (χ2v) is 3.20. The lowest BCUT2D eigenvalue weighted by Gasteiger charge is -2.04. The van der Waals surface area contributed by atoms with Crippen molar-refractivity contribution >= 4 is 5.82 Å². The molecule has 0 amide bonds. The van der Waals surface area contributed by atoms with Crippen LogP contribution in [0.25, 0.3) is 11.5 Å². The van der Waals surface area contributed by atoms with Crippen LogP contribution in [0.1, 0.15) is 0 Å². The monoisotopic (exact) mass is 215 g/mol. The van der Waals surface area contributed by atoms with Gasteiger partial charge in [-0.1, -0.05) is 6.07 Å². The Morgan fingerprint density at radius 1 is 1.12 bits per heavy atom. The zero-order chi connectivity index (χ0) is 11.2. The summed E-state index contributed by atoms with van der Waals surface area (Å²) in [6.07, 6.45) is 3.43. The van der Waals surface area contributed by atoms with Gasteiger partial charge in [0.2, 0.25) is 0 Å². The summed E-state index contributed by atoms with van der Waals surface area (Å²) in [6, 6.07) is 7.45. The Hall–Kier alpha value is -2.01. The van der Waals surface area contributed by atoms with Crippen molar-refractivity contribution in [2.45, 2.75) is 0 Å². The summed E-state index contributed by atoms with van der Waals surface area (Å²) < 4.78 is 0. The average molecular weight is 215 g/mol. The lowest BCUT2D eigenvalue weighted by molar-refractivity contribution is 1.00. The molecule has 3 N–H and O–H groups in total. The van der Waals surface area contributed by atoms with E-state index in [0.29, 0.717) is 18.9 Å². The van der Waals surface area contributed by atoms with E-state index in [4.69, 9.17) is 5.73 Å². The van der Waals surface area contributed by atoms with Crippen LogP contribution in [0.15, 0.2) is 36.7 Å². The van der Waals surface area contributed by atoms with Crippen molar-refractivity contribution in [3.8, 4) is 11.5 Å². The summed E-state index contributed by atoms with van der Waals surface area (Å²) in [5.74, 6) is 1.38. The molecule has 2 heterocycles. The second-order valence-electron chi connectivity index (χ2n) is 3.20. The number of aromatic nitrogens is 3. The first-order valence-electron chi connectivity index (χ1n) is 5.08. The molecule has 0 aromatic carbocycles. The first kappa shape index (κ1) is 10.5. The molecule has 2 rings (SSSR count). The Morgan fingerprint density at radius 2 is 2.06 bits per heavy atom. The maximum Gasteiger partial charge on any atom is 0.180 e. The number of nitrogens with zero attached hydrogens (tertiary/aromatic N) is 3. The third kappa shape index (κ3) is 2.52. The van der Waals surface area contributed by atoms with Gasteiger partial charge in [-0.2, -0.15) is 0 Å². The molecule has 2 aromatic heterocycles. The van der Waals surface area contributed by atoms with Crippen LogP contribution in [0.4, 0.5) is 5.82 Å². The van der Waals surface area contributed by atoms with E-state index < -0.39 is 0 Å². The van der Waals surface area contributed by atoms with Gasteiger partial charge in [0.05, 0.1) is 0 Å². The van der Waals surface area contributed by atoms with Crippen LogP contribution >= 0.6 is 0 Å². The predicted molar refractivity (Wildman–Crippen MR) is 62.8 cm³/mol. The standard InChI is InChI=1S/C11H13N5/c12-5-8-14-10-4-7-15-11(16-10)9-3-1-2-6-13-9/h1-4,6-7H,5,8,12H2,(H,14,15,16). The van der Waals surface area contributed by atoms with Gasteiger partial charge in [0, 0.05) is 25.5 Å². The predicted octanol–water partition coefficient (Wildman–Crippen LogP) is 0.909. The SMILES string of the molecule is NCCNc1ccnc(-c2ccccn2)n1. The average Bonchev–Trinajstić information content (AvgIpc) is 2.38. The van der Waals surface area contributed by atoms with Gasteiger partial charge in [0.1, 0.15) is 11.5 Å². The molecule has 0 aliphatic heterocycles. The van der Waals surface area contributed by atoms with Gasteiger partial charge >= 0.3 is 0 Å². The zero-order valence-corrected chi connectivity index (χ0v) is 8.80. The minimum atomic E-state index is 0.572. The molecule has 0 unspecified atom stereocenters. The maximum absolute atomic E-state index is 5.41. The number of anilines is 1. The Kier molecular flexibility index (Phi) is 3.40. The normalized spacial score (nSPS) is 10.1. The Bertz CT molecular complexity index is 443. The number of hydrogen-bond acceptors (Lipinski definition) is 5. The molecule has 0 saturated heterocycles. The van der Waals surface area contributed by atoms with Crippen LogP contribution in [-0.4, -0.2) is 28.0 Å². The minimum absolute atomic E-state index is 0.572. The molecule has 0 bridgehead atoms. The molecule has 0 spiro atoms. The van der Waals surface area contributed by atoms with Gasteiger partial charge in [-0.15, -0.1) is 0 Å². The van der Waals surface area contributed by atoms with Gasteiger partial charge in [-0.25, -0.2) is 9.97 Å². The molecule has 0 aliphatic rings. The van der Waals surface area contributed by atoms with Crippen LogP contribution in [0, 0.1) is 0 Å². The molecular weight excluding hydrogens is 202 g/mol. The summed E-state index contributed by atoms with van der Waals surface area (Å²) in [5.41, 5.74) is 6.17. The first-order valence-corrected chi connectivity index (χ1v) is 5.08. The van der Waals surface area contributed by atoms with Crippen molar-refractivity contribution in [1.29, 1.82) is 0 Å². The zero-order valence-electron chi connectivity index (χ0n) is 8.80. The van der Waals surface area contributed by atoms with Crippen LogP contribution in [-0.2, 0) is 0 Å². The second kappa shape index (κ2) is 5.18. The summed E-state index contributed by atoms with van der Waals surface area (Å²) in [7, 11) is 0. The molecule has 82 valence electrons. The van der Waals surface area contributed by atoms with E-state index in [-0.39, 0.29) is 0 Å². The van der Waals surface area contributed by atoms with Crippen molar-refractivity contribution in [1.82, 2.24) is 15.0 Å². The van der Waals surface area contributed by atoms with E-state index >= 15 is 0 Å². The van der Waals surface area contributed by atoms with Crippen LogP contribution in [0.5, 0.6) is 0 Å². The molecule has 0 atom stereocenters. The Labute approximate surface area is 93.8 Å². The lowest BCUT2D eigenvalue weighted by Crippen LogP contribution is -2.14. The number of rotatable bonds is 4. The highest BCUT2D eigenvalue weighted by Crippen LogP contribution is 2.12. The lowest BCUT2D eigenvalue weighted by atomic mass is 10.3. The first-order chi connectivity index (χ1) is 7.90. The van der Waals surface area contributed by atoms with Gasteiger partial charge in [0.15, 0.2) is 5.82 Å². The van der Waals surface area contributed by atoms with Gasteiger partial charge in [0.25, 0.3) is 0 Å². The van der Waals surface area contributed by atoms with E-state index in [9.17, 15) is 0 Å². The van der Waals surface area contributed by atoms with Crippen molar-refractivity contribution in [2.75, 3.05) is 18.4 Å². The third-order valence-corrected chi connectivity index (χ3v) is 2.00. The van der Waals surface area contributed by atoms with Crippen LogP contribution in [0.3, 0.4) is 0 Å². The van der Waals surface area contributed by atoms with Crippen LogP contribution < -0.4 is 11.1 Å². The van der Waals surface area contributed by atoms with E-state index in [1.165, 1.54) is 0 Å². The summed E-state index contributed by atoms with van der Waals surface area (Å²) in [5, 5.41) is 3.10. The highest BCUT2D eigenvalue weighted by Gasteiger charge is 2.02. The molecule has 5 nitrogen and oxygen atoms in total. The number of nitrogens with two attached hydrogens (primary N) is 1. The van der Waals surface area contributed by atoms with Crippen molar-refractivity contribution < 1.29 is 0 Å². The van der Waals surface area contributed by atoms with Crippen molar-refractivity contribution in [2.24, 2.45) is 5.73 Å². The Balaban J connectivity index is 2.22. The van der Waals surface area contributed by atoms with E-state index in [1.54, 1.807) is 12.4 Å². The topological polar surface area (TPSA) is 76.7 Å². The Morgan fingerprint density at radius 3 is 2.81 bits per heavy atom. The number of pyridine rings is 1. The van der Waals surface area contributed by atoms with E-state index in [2.05, 4.69) is 20.3 Å². The summed E-state index contributed by atoms with van der Waals surface area (Å²) >= 11 is 0. The smallest absolute Gasteiger partial charge is 0.180 e. The van der Waals surface area contributed by atoms with Gasteiger partial charge in [-0.05, 0) is 18.2 Å². The molecule has 5 heteroatoms. The highest BCUT2D eigenvalue weighted by molar-refractivity contribution is 5.51. The molecule has 0 saturated carbocycles. The fourth-order valence-corrected chi connectivity index (χ4v) is 1.28. The minimum Gasteiger partial charge on any atom is -0.369 e. The molecule has 0 radical (unpaired) electrons. The fraction of sp³-hybridized carbons (Fsp3) is 0.182. The van der Waals surface area contributed by atoms with Crippen molar-refractivity contribution in [3.05, 3.63) is 36.7 Å². The fourth-order valence-electron chi connectivity index (χ4n) is 1.28. The third-order valence-electron chi connectivity index (χ3n) is 2.00. The molecular formula is C11H13N5. The molecule has 0 fully saturated rings. The molecule has 16 heavy (non-hydrogen) atoms.